The number of benzene rings is 1. The molecule has 0 N–H and O–H groups in total. The van der Waals surface area contributed by atoms with Crippen molar-refractivity contribution < 1.29 is 18.7 Å². The van der Waals surface area contributed by atoms with Gasteiger partial charge >= 0.3 is 5.97 Å². The fourth-order valence-corrected chi connectivity index (χ4v) is 2.41. The summed E-state index contributed by atoms with van der Waals surface area (Å²) in [5.41, 5.74) is 1.33. The third-order valence-corrected chi connectivity index (χ3v) is 3.54. The molecule has 1 aromatic carbocycles. The number of rotatable bonds is 4. The van der Waals surface area contributed by atoms with Crippen LogP contribution in [-0.2, 0) is 16.1 Å². The largest absolute Gasteiger partial charge is 0.467 e. The van der Waals surface area contributed by atoms with Crippen molar-refractivity contribution in [2.75, 3.05) is 7.05 Å². The van der Waals surface area contributed by atoms with Gasteiger partial charge in [0.2, 0.25) is 5.91 Å². The highest BCUT2D eigenvalue weighted by Gasteiger charge is 2.32. The van der Waals surface area contributed by atoms with Crippen LogP contribution in [0.1, 0.15) is 34.2 Å². The van der Waals surface area contributed by atoms with Gasteiger partial charge in [-0.1, -0.05) is 18.2 Å². The SMILES string of the molecule is CN(Cc1ccco1)C(=O)C[C@H]1OC(=O)c2ccccc21. The van der Waals surface area contributed by atoms with Crippen LogP contribution in [0, 0.1) is 0 Å². The molecule has 0 saturated carbocycles. The topological polar surface area (TPSA) is 59.8 Å². The lowest BCUT2D eigenvalue weighted by Gasteiger charge is -2.18. The molecule has 1 atom stereocenters. The average Bonchev–Trinajstić information content (AvgIpc) is 3.09. The standard InChI is InChI=1S/C16H15NO4/c1-17(10-11-5-4-8-20-11)15(18)9-14-12-6-2-3-7-13(12)16(19)21-14/h2-8,14H,9-10H2,1H3/t14-/m1/s1. The summed E-state index contributed by atoms with van der Waals surface area (Å²) in [4.78, 5) is 25.5. The number of amides is 1. The second-order valence-corrected chi connectivity index (χ2v) is 5.01. The summed E-state index contributed by atoms with van der Waals surface area (Å²) in [6.45, 7) is 0.397. The lowest BCUT2D eigenvalue weighted by molar-refractivity contribution is -0.132. The third kappa shape index (κ3) is 2.67. The number of hydrogen-bond acceptors (Lipinski definition) is 4. The minimum absolute atomic E-state index is 0.0964. The lowest BCUT2D eigenvalue weighted by Crippen LogP contribution is -2.27. The summed E-state index contributed by atoms with van der Waals surface area (Å²) in [5.74, 6) is 0.257. The van der Waals surface area contributed by atoms with E-state index < -0.39 is 6.10 Å². The number of furan rings is 1. The summed E-state index contributed by atoms with van der Waals surface area (Å²) in [6, 6.07) is 10.8. The van der Waals surface area contributed by atoms with Crippen LogP contribution in [0.3, 0.4) is 0 Å². The van der Waals surface area contributed by atoms with E-state index >= 15 is 0 Å². The van der Waals surface area contributed by atoms with E-state index in [1.807, 2.05) is 18.2 Å². The van der Waals surface area contributed by atoms with Crippen LogP contribution in [-0.4, -0.2) is 23.8 Å². The Balaban J connectivity index is 1.67. The molecule has 1 aromatic heterocycles. The molecule has 5 heteroatoms. The molecule has 3 rings (SSSR count). The molecule has 108 valence electrons. The second kappa shape index (κ2) is 5.44. The fourth-order valence-electron chi connectivity index (χ4n) is 2.41. The maximum atomic E-state index is 12.2. The van der Waals surface area contributed by atoms with Crippen LogP contribution in [0.15, 0.2) is 47.1 Å². The predicted octanol–water partition coefficient (Wildman–Crippen LogP) is 2.54. The molecule has 0 fully saturated rings. The van der Waals surface area contributed by atoms with Gasteiger partial charge in [-0.3, -0.25) is 4.79 Å². The first-order chi connectivity index (χ1) is 10.1. The summed E-state index contributed by atoms with van der Waals surface area (Å²) in [7, 11) is 1.70. The van der Waals surface area contributed by atoms with Gasteiger partial charge in [0.05, 0.1) is 24.8 Å². The number of fused-ring (bicyclic) bond motifs is 1. The van der Waals surface area contributed by atoms with Crippen molar-refractivity contribution in [3.63, 3.8) is 0 Å². The Morgan fingerprint density at radius 2 is 2.05 bits per heavy atom. The highest BCUT2D eigenvalue weighted by Crippen LogP contribution is 2.33. The Hall–Kier alpha value is -2.56. The van der Waals surface area contributed by atoms with Crippen LogP contribution in [0.25, 0.3) is 0 Å². The molecule has 1 amide bonds. The summed E-state index contributed by atoms with van der Waals surface area (Å²) < 4.78 is 10.5. The Morgan fingerprint density at radius 3 is 2.81 bits per heavy atom. The van der Waals surface area contributed by atoms with Gasteiger partial charge in [0, 0.05) is 12.6 Å². The Bertz CT molecular complexity index is 663. The average molecular weight is 285 g/mol. The molecule has 0 bridgehead atoms. The molecule has 0 spiro atoms. The second-order valence-electron chi connectivity index (χ2n) is 5.01. The van der Waals surface area contributed by atoms with Crippen molar-refractivity contribution in [1.82, 2.24) is 4.90 Å². The molecule has 0 radical (unpaired) electrons. The zero-order valence-corrected chi connectivity index (χ0v) is 11.6. The number of carbonyl (C=O) groups excluding carboxylic acids is 2. The van der Waals surface area contributed by atoms with Crippen molar-refractivity contribution >= 4 is 11.9 Å². The van der Waals surface area contributed by atoms with Gasteiger partial charge in [0.15, 0.2) is 0 Å². The number of ether oxygens (including phenoxy) is 1. The van der Waals surface area contributed by atoms with Crippen LogP contribution in [0.4, 0.5) is 0 Å². The van der Waals surface area contributed by atoms with E-state index in [1.165, 1.54) is 0 Å². The van der Waals surface area contributed by atoms with Gasteiger partial charge in [-0.15, -0.1) is 0 Å². The molecule has 0 unspecified atom stereocenters. The lowest BCUT2D eigenvalue weighted by atomic mass is 10.0. The van der Waals surface area contributed by atoms with Crippen molar-refractivity contribution in [3.8, 4) is 0 Å². The van der Waals surface area contributed by atoms with Crippen LogP contribution >= 0.6 is 0 Å². The maximum absolute atomic E-state index is 12.2. The monoisotopic (exact) mass is 285 g/mol. The fraction of sp³-hybridized carbons (Fsp3) is 0.250. The molecule has 0 aliphatic carbocycles. The number of cyclic esters (lactones) is 1. The van der Waals surface area contributed by atoms with Gasteiger partial charge < -0.3 is 14.1 Å². The minimum atomic E-state index is -0.500. The molecule has 1 aliphatic rings. The molecule has 1 aliphatic heterocycles. The minimum Gasteiger partial charge on any atom is -0.467 e. The Morgan fingerprint density at radius 1 is 1.24 bits per heavy atom. The van der Waals surface area contributed by atoms with Crippen LogP contribution in [0.5, 0.6) is 0 Å². The van der Waals surface area contributed by atoms with Gasteiger partial charge in [-0.05, 0) is 18.2 Å². The first kappa shape index (κ1) is 13.4. The molecule has 21 heavy (non-hydrogen) atoms. The number of carbonyl (C=O) groups is 2. The van der Waals surface area contributed by atoms with Gasteiger partial charge in [0.25, 0.3) is 0 Å². The van der Waals surface area contributed by atoms with Crippen LogP contribution < -0.4 is 0 Å². The zero-order chi connectivity index (χ0) is 14.8. The van der Waals surface area contributed by atoms with E-state index in [2.05, 4.69) is 0 Å². The Labute approximate surface area is 122 Å². The van der Waals surface area contributed by atoms with E-state index in [0.717, 1.165) is 11.3 Å². The van der Waals surface area contributed by atoms with E-state index in [4.69, 9.17) is 9.15 Å². The molecular weight excluding hydrogens is 270 g/mol. The van der Waals surface area contributed by atoms with E-state index in [-0.39, 0.29) is 18.3 Å². The van der Waals surface area contributed by atoms with E-state index in [0.29, 0.717) is 12.1 Å². The number of esters is 1. The van der Waals surface area contributed by atoms with Gasteiger partial charge in [-0.25, -0.2) is 4.79 Å². The van der Waals surface area contributed by atoms with Crippen molar-refractivity contribution in [2.24, 2.45) is 0 Å². The first-order valence-electron chi connectivity index (χ1n) is 6.71. The quantitative estimate of drug-likeness (QED) is 0.810. The highest BCUT2D eigenvalue weighted by atomic mass is 16.5. The smallest absolute Gasteiger partial charge is 0.339 e. The van der Waals surface area contributed by atoms with Gasteiger partial charge in [0.1, 0.15) is 11.9 Å². The summed E-state index contributed by atoms with van der Waals surface area (Å²) in [6.07, 6.45) is 1.21. The van der Waals surface area contributed by atoms with Crippen molar-refractivity contribution in [2.45, 2.75) is 19.1 Å². The predicted molar refractivity (Wildman–Crippen MR) is 74.4 cm³/mol. The van der Waals surface area contributed by atoms with Crippen LogP contribution in [0.2, 0.25) is 0 Å². The molecule has 5 nitrogen and oxygen atoms in total. The van der Waals surface area contributed by atoms with Crippen molar-refractivity contribution in [1.29, 1.82) is 0 Å². The highest BCUT2D eigenvalue weighted by molar-refractivity contribution is 5.94. The summed E-state index contributed by atoms with van der Waals surface area (Å²) in [5, 5.41) is 0. The Kier molecular flexibility index (Phi) is 3.48. The summed E-state index contributed by atoms with van der Waals surface area (Å²) >= 11 is 0. The molecule has 2 aromatic rings. The third-order valence-electron chi connectivity index (χ3n) is 3.54. The molecule has 0 saturated heterocycles. The van der Waals surface area contributed by atoms with Crippen molar-refractivity contribution in [3.05, 3.63) is 59.5 Å². The normalized spacial score (nSPS) is 16.4. The van der Waals surface area contributed by atoms with E-state index in [9.17, 15) is 9.59 Å². The zero-order valence-electron chi connectivity index (χ0n) is 11.6. The molecule has 2 heterocycles. The number of hydrogen-bond donors (Lipinski definition) is 0. The van der Waals surface area contributed by atoms with E-state index in [1.54, 1.807) is 36.4 Å². The first-order valence-corrected chi connectivity index (χ1v) is 6.71. The molecular formula is C16H15NO4. The number of nitrogens with zero attached hydrogens (tertiary/aromatic N) is 1. The van der Waals surface area contributed by atoms with Gasteiger partial charge in [-0.2, -0.15) is 0 Å². The maximum Gasteiger partial charge on any atom is 0.339 e.